The number of hydrogen-bond acceptors (Lipinski definition) is 6. The Balaban J connectivity index is 1.97. The van der Waals surface area contributed by atoms with Crippen molar-refractivity contribution >= 4 is 27.8 Å². The lowest BCUT2D eigenvalue weighted by Crippen LogP contribution is -2.40. The number of hydrogen-bond donors (Lipinski definition) is 1. The largest absolute Gasteiger partial charge is 0.278 e. The predicted molar refractivity (Wildman–Crippen MR) is 105 cm³/mol. The molecular weight excluding hydrogens is 384 g/mol. The van der Waals surface area contributed by atoms with E-state index in [0.29, 0.717) is 6.42 Å². The van der Waals surface area contributed by atoms with E-state index < -0.39 is 27.4 Å². The molecule has 10 heteroatoms. The van der Waals surface area contributed by atoms with E-state index in [1.165, 1.54) is 18.2 Å². The molecule has 0 fully saturated rings. The standard InChI is InChI=1S/C18H20N4O5S/c1-28(26,27)21(12-11-15-7-3-2-4-8-15)14-18(23)20-19-13-16-9-5-6-10-17(16)22(24)25/h2-10,13H,11-12,14H2,1H3,(H,20,23). The summed E-state index contributed by atoms with van der Waals surface area (Å²) in [6.07, 6.45) is 2.63. The summed E-state index contributed by atoms with van der Waals surface area (Å²) in [5, 5.41) is 14.6. The smallest absolute Gasteiger partial charge is 0.272 e. The second-order valence-corrected chi connectivity index (χ2v) is 7.92. The van der Waals surface area contributed by atoms with Crippen molar-refractivity contribution in [2.24, 2.45) is 5.10 Å². The fraction of sp³-hybridized carbons (Fsp3) is 0.222. The van der Waals surface area contributed by atoms with Crippen molar-refractivity contribution in [3.63, 3.8) is 0 Å². The molecule has 0 aromatic heterocycles. The van der Waals surface area contributed by atoms with E-state index in [0.717, 1.165) is 22.3 Å². The van der Waals surface area contributed by atoms with E-state index in [9.17, 15) is 23.3 Å². The summed E-state index contributed by atoms with van der Waals surface area (Å²) < 4.78 is 24.9. The Morgan fingerprint density at radius 2 is 1.82 bits per heavy atom. The zero-order valence-corrected chi connectivity index (χ0v) is 16.0. The number of rotatable bonds is 9. The lowest BCUT2D eigenvalue weighted by atomic mass is 10.1. The Kier molecular flexibility index (Phi) is 7.36. The molecule has 0 saturated carbocycles. The van der Waals surface area contributed by atoms with Crippen molar-refractivity contribution in [3.05, 3.63) is 75.8 Å². The normalized spacial score (nSPS) is 11.6. The minimum absolute atomic E-state index is 0.143. The molecule has 0 aliphatic carbocycles. The van der Waals surface area contributed by atoms with Gasteiger partial charge >= 0.3 is 0 Å². The predicted octanol–water partition coefficient (Wildman–Crippen LogP) is 1.55. The van der Waals surface area contributed by atoms with Crippen molar-refractivity contribution in [2.75, 3.05) is 19.3 Å². The first-order chi connectivity index (χ1) is 13.3. The molecule has 1 N–H and O–H groups in total. The molecule has 2 rings (SSSR count). The molecule has 2 aromatic carbocycles. The molecule has 1 amide bonds. The molecule has 0 bridgehead atoms. The SMILES string of the molecule is CS(=O)(=O)N(CCc1ccccc1)CC(=O)NN=Cc1ccccc1[N+](=O)[O-]. The van der Waals surface area contributed by atoms with Crippen LogP contribution in [0.25, 0.3) is 0 Å². The summed E-state index contributed by atoms with van der Waals surface area (Å²) in [7, 11) is -3.59. The van der Waals surface area contributed by atoms with Gasteiger partial charge in [0.15, 0.2) is 0 Å². The zero-order valence-electron chi connectivity index (χ0n) is 15.2. The zero-order chi connectivity index (χ0) is 20.6. The Bertz CT molecular complexity index is 961. The lowest BCUT2D eigenvalue weighted by Gasteiger charge is -2.18. The number of nitrogens with zero attached hydrogens (tertiary/aromatic N) is 3. The van der Waals surface area contributed by atoms with Crippen LogP contribution >= 0.6 is 0 Å². The van der Waals surface area contributed by atoms with Gasteiger partial charge in [0.1, 0.15) is 0 Å². The van der Waals surface area contributed by atoms with Crippen LogP contribution in [0.2, 0.25) is 0 Å². The number of sulfonamides is 1. The molecule has 0 aliphatic heterocycles. The van der Waals surface area contributed by atoms with Gasteiger partial charge in [0.2, 0.25) is 10.0 Å². The van der Waals surface area contributed by atoms with Crippen LogP contribution in [0.5, 0.6) is 0 Å². The Morgan fingerprint density at radius 1 is 1.18 bits per heavy atom. The van der Waals surface area contributed by atoms with E-state index in [1.807, 2.05) is 30.3 Å². The van der Waals surface area contributed by atoms with Gasteiger partial charge in [0.25, 0.3) is 11.6 Å². The van der Waals surface area contributed by atoms with E-state index >= 15 is 0 Å². The van der Waals surface area contributed by atoms with Gasteiger partial charge in [0.05, 0.1) is 29.5 Å². The van der Waals surface area contributed by atoms with Gasteiger partial charge in [-0.05, 0) is 18.1 Å². The highest BCUT2D eigenvalue weighted by Crippen LogP contribution is 2.15. The lowest BCUT2D eigenvalue weighted by molar-refractivity contribution is -0.385. The number of nitro benzene ring substituents is 1. The van der Waals surface area contributed by atoms with Crippen LogP contribution in [0.15, 0.2) is 59.7 Å². The molecule has 0 aliphatic rings. The minimum atomic E-state index is -3.59. The number of hydrazone groups is 1. The summed E-state index contributed by atoms with van der Waals surface area (Å²) in [6.45, 7) is -0.260. The third-order valence-electron chi connectivity index (χ3n) is 3.81. The molecule has 0 saturated heterocycles. The molecule has 148 valence electrons. The molecule has 9 nitrogen and oxygen atoms in total. The summed E-state index contributed by atoms with van der Waals surface area (Å²) >= 11 is 0. The fourth-order valence-electron chi connectivity index (χ4n) is 2.39. The van der Waals surface area contributed by atoms with Crippen LogP contribution in [0.4, 0.5) is 5.69 Å². The van der Waals surface area contributed by atoms with Crippen molar-refractivity contribution in [1.29, 1.82) is 0 Å². The van der Waals surface area contributed by atoms with Crippen LogP contribution in [0.1, 0.15) is 11.1 Å². The van der Waals surface area contributed by atoms with Crippen LogP contribution in [0.3, 0.4) is 0 Å². The van der Waals surface area contributed by atoms with E-state index in [-0.39, 0.29) is 17.8 Å². The molecule has 0 spiro atoms. The number of benzene rings is 2. The van der Waals surface area contributed by atoms with Crippen LogP contribution in [0, 0.1) is 10.1 Å². The highest BCUT2D eigenvalue weighted by molar-refractivity contribution is 7.88. The van der Waals surface area contributed by atoms with Crippen LogP contribution in [-0.4, -0.2) is 49.1 Å². The fourth-order valence-corrected chi connectivity index (χ4v) is 3.17. The topological polar surface area (TPSA) is 122 Å². The monoisotopic (exact) mass is 404 g/mol. The first-order valence-electron chi connectivity index (χ1n) is 8.32. The van der Waals surface area contributed by atoms with Crippen molar-refractivity contribution in [1.82, 2.24) is 9.73 Å². The summed E-state index contributed by atoms with van der Waals surface area (Å²) in [6, 6.07) is 15.2. The Hall–Kier alpha value is -3.11. The average molecular weight is 404 g/mol. The summed E-state index contributed by atoms with van der Waals surface area (Å²) in [5.74, 6) is -0.645. The molecular formula is C18H20N4O5S. The van der Waals surface area contributed by atoms with Crippen LogP contribution in [-0.2, 0) is 21.2 Å². The number of carbonyl (C=O) groups is 1. The third-order valence-corrected chi connectivity index (χ3v) is 5.06. The van der Waals surface area contributed by atoms with Gasteiger partial charge in [-0.25, -0.2) is 13.8 Å². The van der Waals surface area contributed by atoms with E-state index in [1.54, 1.807) is 6.07 Å². The van der Waals surface area contributed by atoms with E-state index in [4.69, 9.17) is 0 Å². The molecule has 0 atom stereocenters. The molecule has 0 radical (unpaired) electrons. The number of amides is 1. The quantitative estimate of drug-likeness (QED) is 0.386. The second kappa shape index (κ2) is 9.72. The molecule has 0 heterocycles. The molecule has 0 unspecified atom stereocenters. The average Bonchev–Trinajstić information content (AvgIpc) is 2.65. The Labute approximate surface area is 162 Å². The van der Waals surface area contributed by atoms with Gasteiger partial charge < -0.3 is 0 Å². The highest BCUT2D eigenvalue weighted by atomic mass is 32.2. The van der Waals surface area contributed by atoms with Gasteiger partial charge in [-0.2, -0.15) is 9.41 Å². The summed E-state index contributed by atoms with van der Waals surface area (Å²) in [4.78, 5) is 22.4. The first-order valence-corrected chi connectivity index (χ1v) is 10.2. The van der Waals surface area contributed by atoms with Gasteiger partial charge in [-0.1, -0.05) is 42.5 Å². The van der Waals surface area contributed by atoms with E-state index in [2.05, 4.69) is 10.5 Å². The highest BCUT2D eigenvalue weighted by Gasteiger charge is 2.20. The maximum atomic E-state index is 12.1. The maximum Gasteiger partial charge on any atom is 0.278 e. The van der Waals surface area contributed by atoms with Crippen molar-refractivity contribution < 1.29 is 18.1 Å². The summed E-state index contributed by atoms with van der Waals surface area (Å²) in [5.41, 5.74) is 3.22. The number of carbonyl (C=O) groups excluding carboxylic acids is 1. The molecule has 28 heavy (non-hydrogen) atoms. The first kappa shape index (κ1) is 21.2. The van der Waals surface area contributed by atoms with Crippen molar-refractivity contribution in [3.8, 4) is 0 Å². The third kappa shape index (κ3) is 6.56. The number of para-hydroxylation sites is 1. The van der Waals surface area contributed by atoms with Crippen LogP contribution < -0.4 is 5.43 Å². The van der Waals surface area contributed by atoms with Crippen molar-refractivity contribution in [2.45, 2.75) is 6.42 Å². The number of nitrogens with one attached hydrogen (secondary N) is 1. The molecule has 2 aromatic rings. The van der Waals surface area contributed by atoms with Gasteiger partial charge in [-0.15, -0.1) is 0 Å². The van der Waals surface area contributed by atoms with Gasteiger partial charge in [0, 0.05) is 12.6 Å². The second-order valence-electron chi connectivity index (χ2n) is 5.94. The Morgan fingerprint density at radius 3 is 2.46 bits per heavy atom. The number of nitro groups is 1. The van der Waals surface area contributed by atoms with Gasteiger partial charge in [-0.3, -0.25) is 14.9 Å². The maximum absolute atomic E-state index is 12.1. The minimum Gasteiger partial charge on any atom is -0.272 e.